The molecular formula is C15H13Cl2N5OS. The Bertz CT molecular complexity index is 885. The molecule has 0 bridgehead atoms. The van der Waals surface area contributed by atoms with Crippen LogP contribution in [0.25, 0.3) is 11.2 Å². The molecule has 0 aliphatic rings. The van der Waals surface area contributed by atoms with Crippen LogP contribution in [0.5, 0.6) is 0 Å². The third-order valence-corrected chi connectivity index (χ3v) is 5.21. The van der Waals surface area contributed by atoms with Crippen LogP contribution in [0.15, 0.2) is 35.9 Å². The number of aromatic amines is 1. The number of amides is 1. The molecule has 1 amide bonds. The van der Waals surface area contributed by atoms with Crippen LogP contribution >= 0.6 is 35.0 Å². The lowest BCUT2D eigenvalue weighted by Gasteiger charge is -2.15. The predicted octanol–water partition coefficient (Wildman–Crippen LogP) is 4.17. The molecule has 3 rings (SSSR count). The number of thioether (sulfide) groups is 1. The largest absolute Gasteiger partial charge is 0.341 e. The predicted molar refractivity (Wildman–Crippen MR) is 96.7 cm³/mol. The van der Waals surface area contributed by atoms with E-state index in [1.807, 2.05) is 6.92 Å². The van der Waals surface area contributed by atoms with E-state index in [-0.39, 0.29) is 11.2 Å². The average molecular weight is 382 g/mol. The topological polar surface area (TPSA) is 83.6 Å². The molecule has 1 unspecified atom stereocenters. The summed E-state index contributed by atoms with van der Waals surface area (Å²) in [6, 6.07) is 4.94. The number of fused-ring (bicyclic) bond motifs is 1. The minimum Gasteiger partial charge on any atom is -0.341 e. The number of nitrogens with one attached hydrogen (secondary N) is 2. The lowest BCUT2D eigenvalue weighted by atomic mass is 10.2. The number of halogens is 2. The van der Waals surface area contributed by atoms with Gasteiger partial charge in [0, 0.05) is 5.02 Å². The monoisotopic (exact) mass is 381 g/mol. The molecular weight excluding hydrogens is 369 g/mol. The number of aromatic nitrogens is 4. The average Bonchev–Trinajstić information content (AvgIpc) is 3.04. The Labute approximate surface area is 152 Å². The van der Waals surface area contributed by atoms with Gasteiger partial charge in [0.1, 0.15) is 16.9 Å². The maximum absolute atomic E-state index is 12.6. The molecule has 9 heteroatoms. The number of carbonyl (C=O) groups is 1. The van der Waals surface area contributed by atoms with E-state index in [2.05, 4.69) is 25.3 Å². The second-order valence-corrected chi connectivity index (χ2v) is 6.94. The molecule has 0 spiro atoms. The molecule has 3 aromatic rings. The molecule has 2 N–H and O–H groups in total. The SMILES string of the molecule is CCC(Sc1ncnc2nc[nH]c12)C(=O)Nc1ccc(Cl)cc1Cl. The van der Waals surface area contributed by atoms with Crippen LogP contribution in [-0.2, 0) is 4.79 Å². The summed E-state index contributed by atoms with van der Waals surface area (Å²) in [5.74, 6) is -0.155. The van der Waals surface area contributed by atoms with Crippen molar-refractivity contribution in [2.75, 3.05) is 5.32 Å². The molecule has 6 nitrogen and oxygen atoms in total. The highest BCUT2D eigenvalue weighted by atomic mass is 35.5. The number of anilines is 1. The second-order valence-electron chi connectivity index (χ2n) is 4.91. The van der Waals surface area contributed by atoms with Crippen LogP contribution in [0.1, 0.15) is 13.3 Å². The number of hydrogen-bond donors (Lipinski definition) is 2. The number of H-pyrrole nitrogens is 1. The third-order valence-electron chi connectivity index (χ3n) is 3.29. The molecule has 0 radical (unpaired) electrons. The van der Waals surface area contributed by atoms with Crippen LogP contribution in [0.2, 0.25) is 10.0 Å². The van der Waals surface area contributed by atoms with E-state index in [0.717, 1.165) is 5.52 Å². The third kappa shape index (κ3) is 3.63. The van der Waals surface area contributed by atoms with E-state index in [9.17, 15) is 4.79 Å². The van der Waals surface area contributed by atoms with Gasteiger partial charge in [-0.2, -0.15) is 0 Å². The van der Waals surface area contributed by atoms with Gasteiger partial charge < -0.3 is 10.3 Å². The second kappa shape index (κ2) is 7.38. The van der Waals surface area contributed by atoms with Crippen LogP contribution in [-0.4, -0.2) is 31.1 Å². The van der Waals surface area contributed by atoms with E-state index in [0.29, 0.717) is 32.8 Å². The van der Waals surface area contributed by atoms with Crippen molar-refractivity contribution in [2.45, 2.75) is 23.6 Å². The molecule has 1 aromatic carbocycles. The number of hydrogen-bond acceptors (Lipinski definition) is 5. The molecule has 24 heavy (non-hydrogen) atoms. The van der Waals surface area contributed by atoms with E-state index in [1.165, 1.54) is 18.1 Å². The van der Waals surface area contributed by atoms with Gasteiger partial charge in [-0.3, -0.25) is 4.79 Å². The minimum absolute atomic E-state index is 0.155. The Balaban J connectivity index is 1.78. The summed E-state index contributed by atoms with van der Waals surface area (Å²) < 4.78 is 0. The summed E-state index contributed by atoms with van der Waals surface area (Å²) in [4.78, 5) is 28.0. The molecule has 2 aromatic heterocycles. The van der Waals surface area contributed by atoms with Crippen molar-refractivity contribution in [1.82, 2.24) is 19.9 Å². The Kier molecular flexibility index (Phi) is 5.23. The van der Waals surface area contributed by atoms with Gasteiger partial charge in [0.05, 0.1) is 22.3 Å². The van der Waals surface area contributed by atoms with Gasteiger partial charge in [-0.05, 0) is 24.6 Å². The minimum atomic E-state index is -0.335. The molecule has 0 aliphatic carbocycles. The number of imidazole rings is 1. The van der Waals surface area contributed by atoms with Crippen molar-refractivity contribution in [3.63, 3.8) is 0 Å². The fourth-order valence-corrected chi connectivity index (χ4v) is 3.53. The van der Waals surface area contributed by atoms with Crippen LogP contribution in [0.3, 0.4) is 0 Å². The summed E-state index contributed by atoms with van der Waals surface area (Å²) in [5, 5.41) is 4.09. The number of carbonyl (C=O) groups excluding carboxylic acids is 1. The molecule has 0 saturated carbocycles. The zero-order valence-electron chi connectivity index (χ0n) is 12.6. The van der Waals surface area contributed by atoms with Crippen LogP contribution < -0.4 is 5.32 Å². The highest BCUT2D eigenvalue weighted by molar-refractivity contribution is 8.00. The number of rotatable bonds is 5. The fourth-order valence-electron chi connectivity index (χ4n) is 2.09. The molecule has 2 heterocycles. The van der Waals surface area contributed by atoms with Crippen molar-refractivity contribution in [3.05, 3.63) is 40.9 Å². The van der Waals surface area contributed by atoms with Crippen LogP contribution in [0, 0.1) is 0 Å². The highest BCUT2D eigenvalue weighted by Gasteiger charge is 2.21. The zero-order chi connectivity index (χ0) is 17.1. The Morgan fingerprint density at radius 1 is 1.33 bits per heavy atom. The molecule has 1 atom stereocenters. The molecule has 0 fully saturated rings. The maximum Gasteiger partial charge on any atom is 0.237 e. The maximum atomic E-state index is 12.6. The van der Waals surface area contributed by atoms with Gasteiger partial charge in [0.25, 0.3) is 0 Å². The summed E-state index contributed by atoms with van der Waals surface area (Å²) >= 11 is 13.3. The van der Waals surface area contributed by atoms with Crippen molar-refractivity contribution in [2.24, 2.45) is 0 Å². The van der Waals surface area contributed by atoms with Crippen molar-refractivity contribution >= 4 is 57.7 Å². The van der Waals surface area contributed by atoms with E-state index in [4.69, 9.17) is 23.2 Å². The van der Waals surface area contributed by atoms with Gasteiger partial charge in [-0.15, -0.1) is 0 Å². The van der Waals surface area contributed by atoms with Gasteiger partial charge in [-0.1, -0.05) is 41.9 Å². The van der Waals surface area contributed by atoms with Gasteiger partial charge in [-0.25, -0.2) is 15.0 Å². The highest BCUT2D eigenvalue weighted by Crippen LogP contribution is 2.30. The van der Waals surface area contributed by atoms with Gasteiger partial charge in [0.2, 0.25) is 5.91 Å². The fraction of sp³-hybridized carbons (Fsp3) is 0.200. The van der Waals surface area contributed by atoms with Crippen LogP contribution in [0.4, 0.5) is 5.69 Å². The molecule has 0 saturated heterocycles. The standard InChI is InChI=1S/C15H13Cl2N5OS/c1-2-11(14(23)22-10-4-3-8(16)5-9(10)17)24-15-12-13(19-6-18-12)20-7-21-15/h3-7,11H,2H2,1H3,(H,22,23)(H,18,19,20,21). The number of benzene rings is 1. The van der Waals surface area contributed by atoms with Crippen molar-refractivity contribution in [3.8, 4) is 0 Å². The van der Waals surface area contributed by atoms with Crippen molar-refractivity contribution < 1.29 is 4.79 Å². The lowest BCUT2D eigenvalue weighted by Crippen LogP contribution is -2.24. The van der Waals surface area contributed by atoms with E-state index >= 15 is 0 Å². The van der Waals surface area contributed by atoms with Crippen molar-refractivity contribution in [1.29, 1.82) is 0 Å². The summed E-state index contributed by atoms with van der Waals surface area (Å²) in [6.45, 7) is 1.94. The summed E-state index contributed by atoms with van der Waals surface area (Å²) in [5.41, 5.74) is 1.82. The summed E-state index contributed by atoms with van der Waals surface area (Å²) in [6.07, 6.45) is 3.62. The Hall–Kier alpha value is -1.83. The summed E-state index contributed by atoms with van der Waals surface area (Å²) in [7, 11) is 0. The molecule has 124 valence electrons. The van der Waals surface area contributed by atoms with Gasteiger partial charge >= 0.3 is 0 Å². The van der Waals surface area contributed by atoms with E-state index in [1.54, 1.807) is 24.5 Å². The lowest BCUT2D eigenvalue weighted by molar-refractivity contribution is -0.115. The molecule has 0 aliphatic heterocycles. The first-order valence-corrected chi connectivity index (χ1v) is 8.78. The first kappa shape index (κ1) is 17.0. The zero-order valence-corrected chi connectivity index (χ0v) is 14.9. The quantitative estimate of drug-likeness (QED) is 0.511. The smallest absolute Gasteiger partial charge is 0.237 e. The number of nitrogens with zero attached hydrogens (tertiary/aromatic N) is 3. The van der Waals surface area contributed by atoms with Gasteiger partial charge in [0.15, 0.2) is 5.65 Å². The van der Waals surface area contributed by atoms with E-state index < -0.39 is 0 Å². The Morgan fingerprint density at radius 2 is 2.17 bits per heavy atom. The first-order chi connectivity index (χ1) is 11.6. The normalized spacial score (nSPS) is 12.3. The Morgan fingerprint density at radius 3 is 2.92 bits per heavy atom. The first-order valence-electron chi connectivity index (χ1n) is 7.15.